The van der Waals surface area contributed by atoms with E-state index in [0.717, 1.165) is 38.5 Å². The molecule has 0 aromatic heterocycles. The highest BCUT2D eigenvalue weighted by atomic mass is 16.3. The molecule has 2 bridgehead atoms. The van der Waals surface area contributed by atoms with Crippen molar-refractivity contribution in [2.75, 3.05) is 0 Å². The number of carbonyl (C=O) groups is 1. The molecule has 3 heteroatoms. The van der Waals surface area contributed by atoms with Gasteiger partial charge < -0.3 is 10.0 Å². The van der Waals surface area contributed by atoms with Gasteiger partial charge in [0.2, 0.25) is 5.91 Å². The number of allylic oxidation sites excluding steroid dienone is 2. The standard InChI is InChI=1S/C14H21NO2/c16-13-8-11-5-6-12(9-13)15(11)14(17)7-10-3-1-2-4-10/h1,3,10-13,16H,2,4-9H2. The van der Waals surface area contributed by atoms with Gasteiger partial charge in [-0.25, -0.2) is 0 Å². The Labute approximate surface area is 102 Å². The van der Waals surface area contributed by atoms with E-state index in [1.165, 1.54) is 0 Å². The molecule has 94 valence electrons. The maximum atomic E-state index is 12.3. The summed E-state index contributed by atoms with van der Waals surface area (Å²) in [5, 5.41) is 9.72. The molecule has 0 spiro atoms. The van der Waals surface area contributed by atoms with Crippen molar-refractivity contribution in [2.45, 2.75) is 63.1 Å². The fraction of sp³-hybridized carbons (Fsp3) is 0.786. The van der Waals surface area contributed by atoms with E-state index in [4.69, 9.17) is 0 Å². The van der Waals surface area contributed by atoms with Crippen LogP contribution in [0.4, 0.5) is 0 Å². The number of piperidine rings is 1. The van der Waals surface area contributed by atoms with Crippen LogP contribution in [-0.2, 0) is 4.79 Å². The zero-order valence-corrected chi connectivity index (χ0v) is 10.2. The van der Waals surface area contributed by atoms with Crippen LogP contribution in [0.5, 0.6) is 0 Å². The summed E-state index contributed by atoms with van der Waals surface area (Å²) >= 11 is 0. The molecule has 1 amide bonds. The van der Waals surface area contributed by atoms with Crippen molar-refractivity contribution in [1.29, 1.82) is 0 Å². The number of fused-ring (bicyclic) bond motifs is 2. The first-order valence-corrected chi connectivity index (χ1v) is 6.90. The monoisotopic (exact) mass is 235 g/mol. The number of hydrogen-bond donors (Lipinski definition) is 1. The minimum atomic E-state index is -0.178. The summed E-state index contributed by atoms with van der Waals surface area (Å²) < 4.78 is 0. The number of nitrogens with zero attached hydrogens (tertiary/aromatic N) is 1. The first kappa shape index (κ1) is 11.3. The number of aliphatic hydroxyl groups excluding tert-OH is 1. The maximum absolute atomic E-state index is 12.3. The van der Waals surface area contributed by atoms with E-state index >= 15 is 0 Å². The van der Waals surface area contributed by atoms with E-state index < -0.39 is 0 Å². The van der Waals surface area contributed by atoms with E-state index in [2.05, 4.69) is 17.1 Å². The van der Waals surface area contributed by atoms with Crippen LogP contribution in [-0.4, -0.2) is 34.1 Å². The van der Waals surface area contributed by atoms with Gasteiger partial charge in [0.1, 0.15) is 0 Å². The fourth-order valence-corrected chi connectivity index (χ4v) is 3.75. The molecular weight excluding hydrogens is 214 g/mol. The van der Waals surface area contributed by atoms with E-state index in [9.17, 15) is 9.90 Å². The highest BCUT2D eigenvalue weighted by molar-refractivity contribution is 5.78. The third-order valence-electron chi connectivity index (χ3n) is 4.55. The SMILES string of the molecule is O=C(CC1C=CCC1)N1C2CCC1CC(O)C2. The van der Waals surface area contributed by atoms with Crippen LogP contribution in [0.2, 0.25) is 0 Å². The van der Waals surface area contributed by atoms with Crippen LogP contribution in [0.3, 0.4) is 0 Å². The highest BCUT2D eigenvalue weighted by Gasteiger charge is 2.42. The third kappa shape index (κ3) is 2.13. The van der Waals surface area contributed by atoms with Crippen LogP contribution in [0.15, 0.2) is 12.2 Å². The van der Waals surface area contributed by atoms with Gasteiger partial charge in [0.15, 0.2) is 0 Å². The average Bonchev–Trinajstić information content (AvgIpc) is 2.86. The molecule has 3 aliphatic rings. The molecule has 1 N–H and O–H groups in total. The van der Waals surface area contributed by atoms with Gasteiger partial charge in [-0.05, 0) is 44.4 Å². The summed E-state index contributed by atoms with van der Waals surface area (Å²) in [6, 6.07) is 0.642. The summed E-state index contributed by atoms with van der Waals surface area (Å²) in [4.78, 5) is 14.4. The van der Waals surface area contributed by atoms with Gasteiger partial charge in [0.25, 0.3) is 0 Å². The smallest absolute Gasteiger partial charge is 0.223 e. The van der Waals surface area contributed by atoms with Crippen molar-refractivity contribution in [3.05, 3.63) is 12.2 Å². The number of hydrogen-bond acceptors (Lipinski definition) is 2. The Morgan fingerprint density at radius 2 is 1.94 bits per heavy atom. The van der Waals surface area contributed by atoms with Crippen molar-refractivity contribution in [3.63, 3.8) is 0 Å². The van der Waals surface area contributed by atoms with Gasteiger partial charge in [0.05, 0.1) is 6.10 Å². The van der Waals surface area contributed by atoms with E-state index in [1.807, 2.05) is 0 Å². The Bertz CT molecular complexity index is 325. The second-order valence-electron chi connectivity index (χ2n) is 5.78. The molecule has 0 saturated carbocycles. The Morgan fingerprint density at radius 3 is 2.53 bits per heavy atom. The molecule has 1 aliphatic carbocycles. The Balaban J connectivity index is 1.64. The lowest BCUT2D eigenvalue weighted by atomic mass is 9.97. The molecular formula is C14H21NO2. The zero-order chi connectivity index (χ0) is 11.8. The van der Waals surface area contributed by atoms with Gasteiger partial charge >= 0.3 is 0 Å². The van der Waals surface area contributed by atoms with Crippen LogP contribution < -0.4 is 0 Å². The van der Waals surface area contributed by atoms with Gasteiger partial charge in [-0.15, -0.1) is 0 Å². The predicted octanol–water partition coefficient (Wildman–Crippen LogP) is 1.86. The van der Waals surface area contributed by atoms with Crippen molar-refractivity contribution in [1.82, 2.24) is 4.90 Å². The van der Waals surface area contributed by atoms with Crippen molar-refractivity contribution in [2.24, 2.45) is 5.92 Å². The van der Waals surface area contributed by atoms with E-state index in [0.29, 0.717) is 30.3 Å². The Kier molecular flexibility index (Phi) is 2.95. The van der Waals surface area contributed by atoms with Gasteiger partial charge in [-0.1, -0.05) is 12.2 Å². The van der Waals surface area contributed by atoms with Gasteiger partial charge in [-0.3, -0.25) is 4.79 Å². The third-order valence-corrected chi connectivity index (χ3v) is 4.55. The molecule has 3 unspecified atom stereocenters. The van der Waals surface area contributed by atoms with E-state index in [-0.39, 0.29) is 6.10 Å². The zero-order valence-electron chi connectivity index (χ0n) is 10.2. The van der Waals surface area contributed by atoms with Crippen LogP contribution in [0, 0.1) is 5.92 Å². The first-order valence-electron chi connectivity index (χ1n) is 6.90. The highest BCUT2D eigenvalue weighted by Crippen LogP contribution is 2.37. The summed E-state index contributed by atoms with van der Waals surface area (Å²) in [5.41, 5.74) is 0. The van der Waals surface area contributed by atoms with Crippen LogP contribution in [0.25, 0.3) is 0 Å². The average molecular weight is 235 g/mol. The molecule has 0 aromatic carbocycles. The quantitative estimate of drug-likeness (QED) is 0.742. The topological polar surface area (TPSA) is 40.5 Å². The minimum Gasteiger partial charge on any atom is -0.393 e. The second-order valence-corrected chi connectivity index (χ2v) is 5.78. The predicted molar refractivity (Wildman–Crippen MR) is 65.4 cm³/mol. The lowest BCUT2D eigenvalue weighted by Crippen LogP contribution is -2.48. The normalized spacial score (nSPS) is 39.9. The maximum Gasteiger partial charge on any atom is 0.223 e. The molecule has 2 aliphatic heterocycles. The second kappa shape index (κ2) is 4.45. The largest absolute Gasteiger partial charge is 0.393 e. The van der Waals surface area contributed by atoms with Gasteiger partial charge in [0, 0.05) is 18.5 Å². The fourth-order valence-electron chi connectivity index (χ4n) is 3.75. The van der Waals surface area contributed by atoms with Crippen molar-refractivity contribution < 1.29 is 9.90 Å². The summed E-state index contributed by atoms with van der Waals surface area (Å²) in [6.45, 7) is 0. The number of aliphatic hydroxyl groups is 1. The number of rotatable bonds is 2. The molecule has 3 rings (SSSR count). The van der Waals surface area contributed by atoms with Crippen molar-refractivity contribution in [3.8, 4) is 0 Å². The molecule has 2 saturated heterocycles. The van der Waals surface area contributed by atoms with Crippen LogP contribution in [0.1, 0.15) is 44.9 Å². The summed E-state index contributed by atoms with van der Waals surface area (Å²) in [7, 11) is 0. The number of amides is 1. The molecule has 3 nitrogen and oxygen atoms in total. The Morgan fingerprint density at radius 1 is 1.24 bits per heavy atom. The molecule has 17 heavy (non-hydrogen) atoms. The first-order chi connectivity index (χ1) is 8.24. The Hall–Kier alpha value is -0.830. The number of carbonyl (C=O) groups excluding carboxylic acids is 1. The van der Waals surface area contributed by atoms with Gasteiger partial charge in [-0.2, -0.15) is 0 Å². The van der Waals surface area contributed by atoms with Crippen LogP contribution >= 0.6 is 0 Å². The van der Waals surface area contributed by atoms with E-state index in [1.54, 1.807) is 0 Å². The minimum absolute atomic E-state index is 0.178. The molecule has 0 aromatic rings. The summed E-state index contributed by atoms with van der Waals surface area (Å²) in [5.74, 6) is 0.787. The molecule has 0 radical (unpaired) electrons. The molecule has 3 atom stereocenters. The van der Waals surface area contributed by atoms with Crippen molar-refractivity contribution >= 4 is 5.91 Å². The lowest BCUT2D eigenvalue weighted by molar-refractivity contribution is -0.138. The molecule has 2 fully saturated rings. The molecule has 2 heterocycles. The lowest BCUT2D eigenvalue weighted by Gasteiger charge is -2.37. The summed E-state index contributed by atoms with van der Waals surface area (Å²) in [6.07, 6.45) is 10.9.